The first-order valence-electron chi connectivity index (χ1n) is 10.3. The van der Waals surface area contributed by atoms with Gasteiger partial charge >= 0.3 is 11.9 Å². The van der Waals surface area contributed by atoms with Gasteiger partial charge in [-0.25, -0.2) is 22.8 Å². The first-order valence-corrected chi connectivity index (χ1v) is 11.8. The van der Waals surface area contributed by atoms with Crippen molar-refractivity contribution in [2.24, 2.45) is 4.99 Å². The van der Waals surface area contributed by atoms with Crippen LogP contribution in [-0.4, -0.2) is 75.7 Å². The van der Waals surface area contributed by atoms with Crippen molar-refractivity contribution in [1.29, 1.82) is 0 Å². The van der Waals surface area contributed by atoms with Crippen LogP contribution in [0.2, 0.25) is 0 Å². The van der Waals surface area contributed by atoms with Crippen LogP contribution in [0.3, 0.4) is 0 Å². The van der Waals surface area contributed by atoms with E-state index in [9.17, 15) is 36.1 Å². The van der Waals surface area contributed by atoms with Gasteiger partial charge in [-0.15, -0.1) is 0 Å². The number of halogens is 4. The van der Waals surface area contributed by atoms with E-state index in [-0.39, 0.29) is 18.1 Å². The lowest BCUT2D eigenvalue weighted by Crippen LogP contribution is -2.49. The standard InChI is InChI=1S/C20H21F4N5O6S/c1-11-26-17(15(9-25-2)36(32,33)14-5-4-12(34-3)8-13(14)21)18(29(30)31)19(27-11)28-6-7-35-16(10-28)20(22,23)24/h4-5,8,15-16H,2,6-7,9-10H2,1,3H3/t15?,16-/m1/s1. The molecular weight excluding hydrogens is 514 g/mol. The Kier molecular flexibility index (Phi) is 7.78. The van der Waals surface area contributed by atoms with Gasteiger partial charge in [0.25, 0.3) is 0 Å². The zero-order valence-corrected chi connectivity index (χ0v) is 19.8. The molecule has 2 heterocycles. The van der Waals surface area contributed by atoms with Crippen molar-refractivity contribution >= 4 is 28.1 Å². The molecule has 16 heteroatoms. The third-order valence-corrected chi connectivity index (χ3v) is 7.40. The molecule has 36 heavy (non-hydrogen) atoms. The topological polar surface area (TPSA) is 137 Å². The zero-order chi connectivity index (χ0) is 26.8. The molecule has 1 saturated heterocycles. The molecule has 0 aliphatic carbocycles. The number of aliphatic imine (C=N–C) groups is 1. The number of aryl methyl sites for hydroxylation is 1. The molecule has 2 aromatic rings. The molecule has 196 valence electrons. The molecule has 11 nitrogen and oxygen atoms in total. The van der Waals surface area contributed by atoms with Gasteiger partial charge in [-0.1, -0.05) is 0 Å². The van der Waals surface area contributed by atoms with Crippen LogP contribution in [0, 0.1) is 22.9 Å². The number of morpholine rings is 1. The lowest BCUT2D eigenvalue weighted by Gasteiger charge is -2.34. The van der Waals surface area contributed by atoms with Gasteiger partial charge in [0.1, 0.15) is 33.2 Å². The second kappa shape index (κ2) is 10.3. The van der Waals surface area contributed by atoms with E-state index in [2.05, 4.69) is 21.7 Å². The summed E-state index contributed by atoms with van der Waals surface area (Å²) in [6.07, 6.45) is -6.99. The summed E-state index contributed by atoms with van der Waals surface area (Å²) in [6, 6.07) is 2.93. The number of methoxy groups -OCH3 is 1. The minimum atomic E-state index is -4.75. The average molecular weight is 535 g/mol. The maximum absolute atomic E-state index is 14.7. The Morgan fingerprint density at radius 1 is 1.39 bits per heavy atom. The van der Waals surface area contributed by atoms with Crippen LogP contribution in [0.5, 0.6) is 5.75 Å². The number of rotatable bonds is 8. The van der Waals surface area contributed by atoms with Crippen molar-refractivity contribution in [3.8, 4) is 5.75 Å². The van der Waals surface area contributed by atoms with Crippen LogP contribution in [0.4, 0.5) is 29.1 Å². The summed E-state index contributed by atoms with van der Waals surface area (Å²) in [5.74, 6) is -1.82. The first-order chi connectivity index (χ1) is 16.8. The molecule has 1 aliphatic rings. The molecule has 1 aromatic heterocycles. The van der Waals surface area contributed by atoms with Crippen LogP contribution in [0.1, 0.15) is 16.8 Å². The number of hydrogen-bond acceptors (Lipinski definition) is 10. The molecule has 0 N–H and O–H groups in total. The Hall–Kier alpha value is -3.40. The average Bonchev–Trinajstić information content (AvgIpc) is 2.80. The van der Waals surface area contributed by atoms with Gasteiger partial charge in [0.05, 0.1) is 31.7 Å². The van der Waals surface area contributed by atoms with E-state index in [1.165, 1.54) is 20.1 Å². The summed E-state index contributed by atoms with van der Waals surface area (Å²) in [5, 5.41) is 10.2. The second-order valence-electron chi connectivity index (χ2n) is 7.67. The lowest BCUT2D eigenvalue weighted by molar-refractivity contribution is -0.385. The van der Waals surface area contributed by atoms with Gasteiger partial charge in [0.15, 0.2) is 15.9 Å². The van der Waals surface area contributed by atoms with E-state index in [4.69, 9.17) is 9.47 Å². The fraction of sp³-hybridized carbons (Fsp3) is 0.450. The fourth-order valence-corrected chi connectivity index (χ4v) is 5.33. The van der Waals surface area contributed by atoms with E-state index >= 15 is 0 Å². The van der Waals surface area contributed by atoms with Crippen LogP contribution < -0.4 is 9.64 Å². The molecule has 0 bridgehead atoms. The van der Waals surface area contributed by atoms with Gasteiger partial charge in [-0.05, 0) is 25.8 Å². The van der Waals surface area contributed by atoms with E-state index in [1.807, 2.05) is 0 Å². The number of hydrogen-bond donors (Lipinski definition) is 0. The molecule has 1 aliphatic heterocycles. The Morgan fingerprint density at radius 2 is 2.08 bits per heavy atom. The largest absolute Gasteiger partial charge is 0.497 e. The number of sulfone groups is 1. The van der Waals surface area contributed by atoms with Crippen LogP contribution >= 0.6 is 0 Å². The second-order valence-corrected chi connectivity index (χ2v) is 9.77. The van der Waals surface area contributed by atoms with Crippen LogP contribution in [0.15, 0.2) is 28.1 Å². The maximum Gasteiger partial charge on any atom is 0.416 e. The highest BCUT2D eigenvalue weighted by Gasteiger charge is 2.46. The number of nitro groups is 1. The van der Waals surface area contributed by atoms with Crippen molar-refractivity contribution in [2.45, 2.75) is 29.3 Å². The Labute approximate surface area is 202 Å². The molecule has 2 atom stereocenters. The van der Waals surface area contributed by atoms with Crippen molar-refractivity contribution in [3.05, 3.63) is 45.6 Å². The van der Waals surface area contributed by atoms with Crippen LogP contribution in [0.25, 0.3) is 0 Å². The minimum absolute atomic E-state index is 0.0301. The normalized spacial score (nSPS) is 17.5. The highest BCUT2D eigenvalue weighted by atomic mass is 32.2. The summed E-state index contributed by atoms with van der Waals surface area (Å²) in [4.78, 5) is 22.7. The van der Waals surface area contributed by atoms with Crippen molar-refractivity contribution < 1.29 is 40.4 Å². The Balaban J connectivity index is 2.20. The number of ether oxygens (including phenoxy) is 2. The number of alkyl halides is 3. The Morgan fingerprint density at radius 3 is 2.64 bits per heavy atom. The highest BCUT2D eigenvalue weighted by Crippen LogP contribution is 2.40. The molecular formula is C20H21F4N5O6S. The quantitative estimate of drug-likeness (QED) is 0.216. The number of aromatic nitrogens is 2. The third kappa shape index (κ3) is 5.38. The van der Waals surface area contributed by atoms with Crippen molar-refractivity contribution in [1.82, 2.24) is 9.97 Å². The summed E-state index contributed by atoms with van der Waals surface area (Å²) in [6.45, 7) is 2.46. The molecule has 0 spiro atoms. The summed E-state index contributed by atoms with van der Waals surface area (Å²) < 4.78 is 91.0. The van der Waals surface area contributed by atoms with E-state index in [0.717, 1.165) is 17.0 Å². The monoisotopic (exact) mass is 535 g/mol. The van der Waals surface area contributed by atoms with Gasteiger partial charge < -0.3 is 14.4 Å². The molecule has 0 saturated carbocycles. The number of anilines is 1. The smallest absolute Gasteiger partial charge is 0.416 e. The van der Waals surface area contributed by atoms with Gasteiger partial charge in [0, 0.05) is 12.6 Å². The summed E-state index contributed by atoms with van der Waals surface area (Å²) >= 11 is 0. The summed E-state index contributed by atoms with van der Waals surface area (Å²) in [7, 11) is -3.46. The highest BCUT2D eigenvalue weighted by molar-refractivity contribution is 7.91. The molecule has 3 rings (SSSR count). The van der Waals surface area contributed by atoms with Crippen molar-refractivity contribution in [2.75, 3.05) is 38.3 Å². The maximum atomic E-state index is 14.7. The van der Waals surface area contributed by atoms with Gasteiger partial charge in [0.2, 0.25) is 5.82 Å². The SMILES string of the molecule is C=NCC(c1nc(C)nc(N2CCO[C@@H](C(F)(F)F)C2)c1[N+](=O)[O-])S(=O)(=O)c1ccc(OC)cc1F. The molecule has 0 radical (unpaired) electrons. The van der Waals surface area contributed by atoms with E-state index in [0.29, 0.717) is 0 Å². The molecule has 1 unspecified atom stereocenters. The van der Waals surface area contributed by atoms with Crippen molar-refractivity contribution in [3.63, 3.8) is 0 Å². The fourth-order valence-electron chi connectivity index (χ4n) is 3.67. The van der Waals surface area contributed by atoms with Gasteiger partial charge in [-0.3, -0.25) is 15.1 Å². The lowest BCUT2D eigenvalue weighted by atomic mass is 10.2. The molecule has 0 amide bonds. The third-order valence-electron chi connectivity index (χ3n) is 5.34. The predicted octanol–water partition coefficient (Wildman–Crippen LogP) is 2.82. The van der Waals surface area contributed by atoms with E-state index < -0.39 is 79.9 Å². The van der Waals surface area contributed by atoms with Crippen LogP contribution in [-0.2, 0) is 14.6 Å². The number of benzene rings is 1. The first kappa shape index (κ1) is 27.2. The predicted molar refractivity (Wildman–Crippen MR) is 119 cm³/mol. The zero-order valence-electron chi connectivity index (χ0n) is 19.0. The van der Waals surface area contributed by atoms with Gasteiger partial charge in [-0.2, -0.15) is 13.2 Å². The molecule has 1 fully saturated rings. The van der Waals surface area contributed by atoms with E-state index in [1.54, 1.807) is 0 Å². The number of nitrogens with zero attached hydrogens (tertiary/aromatic N) is 5. The Bertz CT molecular complexity index is 1270. The molecule has 1 aromatic carbocycles. The minimum Gasteiger partial charge on any atom is -0.497 e. The summed E-state index contributed by atoms with van der Waals surface area (Å²) in [5.41, 5.74) is -1.59.